The van der Waals surface area contributed by atoms with E-state index >= 15 is 0 Å². The molecule has 0 atom stereocenters. The molecule has 0 aliphatic rings. The number of hydrogen-bond acceptors (Lipinski definition) is 9. The second kappa shape index (κ2) is 15.1. The average molecular weight is 543 g/mol. The number of nitro benzene ring substituents is 1. The monoisotopic (exact) mass is 542 g/mol. The highest BCUT2D eigenvalue weighted by atomic mass is 16.6. The summed E-state index contributed by atoms with van der Waals surface area (Å²) in [6, 6.07) is 18.6. The van der Waals surface area contributed by atoms with Crippen LogP contribution in [0.15, 0.2) is 72.8 Å². The first-order chi connectivity index (χ1) is 19.4. The molecule has 204 valence electrons. The molecule has 0 amide bonds. The number of rotatable bonds is 14. The number of carbonyl (C=O) groups excluding carboxylic acids is 2. The lowest BCUT2D eigenvalue weighted by molar-refractivity contribution is -0.384. The van der Waals surface area contributed by atoms with Crippen molar-refractivity contribution in [2.45, 2.75) is 0 Å². The van der Waals surface area contributed by atoms with Crippen LogP contribution in [0.4, 0.5) is 11.4 Å². The largest absolute Gasteiger partial charge is 0.481 e. The molecule has 3 aromatic carbocycles. The zero-order chi connectivity index (χ0) is 28.7. The molecule has 3 aromatic rings. The lowest BCUT2D eigenvalue weighted by Gasteiger charge is -2.24. The summed E-state index contributed by atoms with van der Waals surface area (Å²) < 4.78 is 21.4. The Morgan fingerprint density at radius 1 is 0.725 bits per heavy atom. The van der Waals surface area contributed by atoms with Gasteiger partial charge in [-0.05, 0) is 60.7 Å². The molecule has 3 rings (SSSR count). The fourth-order valence-electron chi connectivity index (χ4n) is 3.44. The standard InChI is InChI=1S/C30H26N2O8/c1-3-19-37-27-13-5-23(6-14-27)29(33)39-21-17-31(25-9-11-26(12-10-25)32(35)36)18-22-40-30(34)24-7-15-28(16-8-24)38-20-4-2/h1-2,5-16H,17-22H2. The van der Waals surface area contributed by atoms with Gasteiger partial charge in [0.05, 0.1) is 29.1 Å². The summed E-state index contributed by atoms with van der Waals surface area (Å²) in [5.41, 5.74) is 1.23. The molecule has 0 saturated heterocycles. The highest BCUT2D eigenvalue weighted by Crippen LogP contribution is 2.20. The van der Waals surface area contributed by atoms with Crippen molar-refractivity contribution in [2.24, 2.45) is 0 Å². The molecule has 10 heteroatoms. The van der Waals surface area contributed by atoms with E-state index in [1.165, 1.54) is 12.1 Å². The molecule has 0 aliphatic carbocycles. The van der Waals surface area contributed by atoms with E-state index in [9.17, 15) is 19.7 Å². The number of benzene rings is 3. The Kier molecular flexibility index (Phi) is 10.9. The summed E-state index contributed by atoms with van der Waals surface area (Å²) in [6.07, 6.45) is 10.3. The van der Waals surface area contributed by atoms with Gasteiger partial charge in [-0.25, -0.2) is 9.59 Å². The summed E-state index contributed by atoms with van der Waals surface area (Å²) in [5, 5.41) is 11.0. The maximum Gasteiger partial charge on any atom is 0.338 e. The van der Waals surface area contributed by atoms with Crippen molar-refractivity contribution in [3.05, 3.63) is 94.0 Å². The first-order valence-electron chi connectivity index (χ1n) is 12.1. The summed E-state index contributed by atoms with van der Waals surface area (Å²) in [4.78, 5) is 37.3. The molecule has 0 aliphatic heterocycles. The first-order valence-corrected chi connectivity index (χ1v) is 12.1. The molecule has 0 spiro atoms. The van der Waals surface area contributed by atoms with E-state index < -0.39 is 16.9 Å². The minimum absolute atomic E-state index is 0.0121. The van der Waals surface area contributed by atoms with Gasteiger partial charge in [-0.3, -0.25) is 10.1 Å². The van der Waals surface area contributed by atoms with Gasteiger partial charge in [-0.15, -0.1) is 12.8 Å². The summed E-state index contributed by atoms with van der Waals surface area (Å²) in [6.45, 7) is 0.742. The third kappa shape index (κ3) is 8.82. The number of anilines is 1. The predicted molar refractivity (Wildman–Crippen MR) is 147 cm³/mol. The second-order valence-electron chi connectivity index (χ2n) is 8.07. The van der Waals surface area contributed by atoms with Gasteiger partial charge in [0, 0.05) is 17.8 Å². The van der Waals surface area contributed by atoms with E-state index in [2.05, 4.69) is 11.8 Å². The van der Waals surface area contributed by atoms with Crippen LogP contribution in [0.1, 0.15) is 20.7 Å². The van der Waals surface area contributed by atoms with Gasteiger partial charge < -0.3 is 23.8 Å². The molecule has 0 radical (unpaired) electrons. The van der Waals surface area contributed by atoms with Crippen molar-refractivity contribution in [3.8, 4) is 36.2 Å². The van der Waals surface area contributed by atoms with Gasteiger partial charge in [-0.2, -0.15) is 0 Å². The summed E-state index contributed by atoms with van der Waals surface area (Å²) in [5.74, 6) is 4.71. The van der Waals surface area contributed by atoms with Crippen LogP contribution in [0.25, 0.3) is 0 Å². The quantitative estimate of drug-likeness (QED) is 0.128. The molecule has 0 heterocycles. The normalized spacial score (nSPS) is 9.95. The SMILES string of the molecule is C#CCOc1ccc(C(=O)OCCN(CCOC(=O)c2ccc(OCC#C)cc2)c2ccc([N+](=O)[O-])cc2)cc1. The molecule has 40 heavy (non-hydrogen) atoms. The van der Waals surface area contributed by atoms with Crippen molar-refractivity contribution in [3.63, 3.8) is 0 Å². The Morgan fingerprint density at radius 3 is 1.52 bits per heavy atom. The Bertz CT molecular complexity index is 1290. The van der Waals surface area contributed by atoms with Crippen LogP contribution >= 0.6 is 0 Å². The average Bonchev–Trinajstić information content (AvgIpc) is 2.98. The lowest BCUT2D eigenvalue weighted by Crippen LogP contribution is -2.32. The third-order valence-electron chi connectivity index (χ3n) is 5.44. The predicted octanol–water partition coefficient (Wildman–Crippen LogP) is 4.14. The molecular weight excluding hydrogens is 516 g/mol. The van der Waals surface area contributed by atoms with E-state index in [4.69, 9.17) is 31.8 Å². The maximum atomic E-state index is 12.5. The van der Waals surface area contributed by atoms with Crippen LogP contribution in [0.5, 0.6) is 11.5 Å². The third-order valence-corrected chi connectivity index (χ3v) is 5.44. The Hall–Kier alpha value is -5.48. The van der Waals surface area contributed by atoms with Crippen molar-refractivity contribution >= 4 is 23.3 Å². The minimum atomic E-state index is -0.534. The van der Waals surface area contributed by atoms with Crippen LogP contribution < -0.4 is 14.4 Å². The van der Waals surface area contributed by atoms with E-state index in [1.807, 2.05) is 0 Å². The van der Waals surface area contributed by atoms with Crippen LogP contribution in [0.3, 0.4) is 0 Å². The fourth-order valence-corrected chi connectivity index (χ4v) is 3.44. The van der Waals surface area contributed by atoms with E-state index in [1.54, 1.807) is 65.6 Å². The van der Waals surface area contributed by atoms with E-state index in [0.29, 0.717) is 28.3 Å². The number of non-ortho nitro benzene ring substituents is 1. The van der Waals surface area contributed by atoms with Gasteiger partial charge in [-0.1, -0.05) is 11.8 Å². The van der Waals surface area contributed by atoms with Crippen LogP contribution in [-0.2, 0) is 9.47 Å². The zero-order valence-electron chi connectivity index (χ0n) is 21.5. The number of ether oxygens (including phenoxy) is 4. The van der Waals surface area contributed by atoms with Gasteiger partial charge in [0.25, 0.3) is 5.69 Å². The first kappa shape index (κ1) is 29.1. The number of hydrogen-bond donors (Lipinski definition) is 0. The molecule has 0 unspecified atom stereocenters. The number of nitrogens with zero attached hydrogens (tertiary/aromatic N) is 2. The lowest BCUT2D eigenvalue weighted by atomic mass is 10.2. The number of nitro groups is 1. The molecule has 0 N–H and O–H groups in total. The van der Waals surface area contributed by atoms with Crippen LogP contribution in [-0.4, -0.2) is 56.4 Å². The van der Waals surface area contributed by atoms with Crippen molar-refractivity contribution in [1.82, 2.24) is 0 Å². The topological polar surface area (TPSA) is 117 Å². The van der Waals surface area contributed by atoms with Crippen molar-refractivity contribution in [2.75, 3.05) is 44.4 Å². The summed E-state index contributed by atoms with van der Waals surface area (Å²) in [7, 11) is 0. The van der Waals surface area contributed by atoms with E-state index in [-0.39, 0.29) is 45.2 Å². The van der Waals surface area contributed by atoms with Gasteiger partial charge in [0.15, 0.2) is 0 Å². The van der Waals surface area contributed by atoms with Crippen LogP contribution in [0, 0.1) is 34.8 Å². The minimum Gasteiger partial charge on any atom is -0.481 e. The Balaban J connectivity index is 1.58. The van der Waals surface area contributed by atoms with Crippen molar-refractivity contribution in [1.29, 1.82) is 0 Å². The smallest absolute Gasteiger partial charge is 0.338 e. The summed E-state index contributed by atoms with van der Waals surface area (Å²) >= 11 is 0. The van der Waals surface area contributed by atoms with Crippen LogP contribution in [0.2, 0.25) is 0 Å². The maximum absolute atomic E-state index is 12.5. The number of terminal acetylenes is 2. The van der Waals surface area contributed by atoms with Gasteiger partial charge in [0.2, 0.25) is 0 Å². The molecule has 0 bridgehead atoms. The molecule has 0 fully saturated rings. The molecule has 10 nitrogen and oxygen atoms in total. The molecular formula is C30H26N2O8. The zero-order valence-corrected chi connectivity index (χ0v) is 21.5. The Morgan fingerprint density at radius 2 is 1.15 bits per heavy atom. The fraction of sp³-hybridized carbons (Fsp3) is 0.200. The van der Waals surface area contributed by atoms with E-state index in [0.717, 1.165) is 0 Å². The highest BCUT2D eigenvalue weighted by molar-refractivity contribution is 5.90. The van der Waals surface area contributed by atoms with Gasteiger partial charge >= 0.3 is 11.9 Å². The highest BCUT2D eigenvalue weighted by Gasteiger charge is 2.14. The van der Waals surface area contributed by atoms with Gasteiger partial charge in [0.1, 0.15) is 37.9 Å². The molecule has 0 aromatic heterocycles. The molecule has 0 saturated carbocycles. The number of carbonyl (C=O) groups is 2. The second-order valence-corrected chi connectivity index (χ2v) is 8.07. The van der Waals surface area contributed by atoms with Crippen molar-refractivity contribution < 1.29 is 33.5 Å². The number of esters is 2. The Labute approximate surface area is 231 Å².